The second-order valence-electron chi connectivity index (χ2n) is 6.34. The lowest BCUT2D eigenvalue weighted by atomic mass is 9.97. The molecule has 0 bridgehead atoms. The normalized spacial score (nSPS) is 16.2. The van der Waals surface area contributed by atoms with Crippen molar-refractivity contribution < 1.29 is 24.2 Å². The molecule has 1 aromatic rings. The maximum absolute atomic E-state index is 12.4. The van der Waals surface area contributed by atoms with Gasteiger partial charge in [0.25, 0.3) is 0 Å². The Morgan fingerprint density at radius 2 is 2.04 bits per heavy atom. The zero-order chi connectivity index (χ0) is 18.1. The van der Waals surface area contributed by atoms with E-state index in [9.17, 15) is 9.59 Å². The van der Waals surface area contributed by atoms with Gasteiger partial charge in [-0.05, 0) is 37.0 Å². The van der Waals surface area contributed by atoms with Gasteiger partial charge in [0, 0.05) is 6.54 Å². The van der Waals surface area contributed by atoms with Crippen LogP contribution in [0.5, 0.6) is 5.75 Å². The average Bonchev–Trinajstić information content (AvgIpc) is 2.63. The number of nitrogens with one attached hydrogen (secondary N) is 1. The second-order valence-corrected chi connectivity index (χ2v) is 6.34. The highest BCUT2D eigenvalue weighted by molar-refractivity contribution is 5.80. The number of benzene rings is 1. The zero-order valence-corrected chi connectivity index (χ0v) is 14.7. The van der Waals surface area contributed by atoms with Gasteiger partial charge in [0.2, 0.25) is 5.91 Å². The van der Waals surface area contributed by atoms with Gasteiger partial charge in [-0.1, -0.05) is 38.3 Å². The number of ether oxygens (including phenoxy) is 2. The molecular formula is C19H27NO5. The minimum absolute atomic E-state index is 0.107. The summed E-state index contributed by atoms with van der Waals surface area (Å²) < 4.78 is 11.1. The van der Waals surface area contributed by atoms with Gasteiger partial charge in [0.1, 0.15) is 11.9 Å². The van der Waals surface area contributed by atoms with Gasteiger partial charge in [-0.15, -0.1) is 0 Å². The Labute approximate surface area is 148 Å². The summed E-state index contributed by atoms with van der Waals surface area (Å²) in [6.45, 7) is 1.92. The summed E-state index contributed by atoms with van der Waals surface area (Å²) in [7, 11) is 0. The smallest absolute Gasteiger partial charge is 0.341 e. The topological polar surface area (TPSA) is 84.9 Å². The third-order valence-corrected chi connectivity index (χ3v) is 4.30. The van der Waals surface area contributed by atoms with Gasteiger partial charge in [-0.3, -0.25) is 4.79 Å². The maximum atomic E-state index is 12.4. The predicted molar refractivity (Wildman–Crippen MR) is 93.5 cm³/mol. The van der Waals surface area contributed by atoms with E-state index >= 15 is 0 Å². The Balaban J connectivity index is 1.82. The van der Waals surface area contributed by atoms with Crippen molar-refractivity contribution in [1.29, 1.82) is 0 Å². The molecule has 6 nitrogen and oxygen atoms in total. The minimum atomic E-state index is -1.02. The number of hydrogen-bond donors (Lipinski definition) is 2. The molecule has 0 radical (unpaired) electrons. The fraction of sp³-hybridized carbons (Fsp3) is 0.579. The van der Waals surface area contributed by atoms with Crippen LogP contribution in [0.25, 0.3) is 0 Å². The number of carbonyl (C=O) groups excluding carboxylic acids is 1. The van der Waals surface area contributed by atoms with E-state index in [-0.39, 0.29) is 18.6 Å². The first-order valence-electron chi connectivity index (χ1n) is 8.95. The van der Waals surface area contributed by atoms with E-state index in [1.807, 2.05) is 13.0 Å². The van der Waals surface area contributed by atoms with Crippen molar-refractivity contribution >= 4 is 11.9 Å². The second kappa shape index (κ2) is 10.0. The molecule has 138 valence electrons. The third kappa shape index (κ3) is 6.74. The first-order chi connectivity index (χ1) is 12.1. The Morgan fingerprint density at radius 3 is 2.72 bits per heavy atom. The number of carbonyl (C=O) groups is 2. The van der Waals surface area contributed by atoms with Crippen molar-refractivity contribution in [2.24, 2.45) is 0 Å². The molecule has 1 saturated carbocycles. The van der Waals surface area contributed by atoms with Crippen molar-refractivity contribution in [3.8, 4) is 5.75 Å². The van der Waals surface area contributed by atoms with Crippen molar-refractivity contribution in [3.63, 3.8) is 0 Å². The highest BCUT2D eigenvalue weighted by Crippen LogP contribution is 2.22. The summed E-state index contributed by atoms with van der Waals surface area (Å²) in [5.74, 6) is -0.658. The molecule has 25 heavy (non-hydrogen) atoms. The highest BCUT2D eigenvalue weighted by atomic mass is 16.5. The summed E-state index contributed by atoms with van der Waals surface area (Å²) in [5, 5.41) is 11.5. The average molecular weight is 349 g/mol. The molecule has 2 rings (SSSR count). The summed E-state index contributed by atoms with van der Waals surface area (Å²) in [6, 6.07) is 7.05. The van der Waals surface area contributed by atoms with Gasteiger partial charge in [0.05, 0.1) is 6.10 Å². The third-order valence-electron chi connectivity index (χ3n) is 4.30. The van der Waals surface area contributed by atoms with Crippen molar-refractivity contribution in [2.45, 2.75) is 64.2 Å². The Hall–Kier alpha value is -2.08. The molecule has 1 atom stereocenters. The van der Waals surface area contributed by atoms with Crippen LogP contribution in [-0.4, -0.2) is 35.8 Å². The summed E-state index contributed by atoms with van der Waals surface area (Å²) in [4.78, 5) is 22.9. The van der Waals surface area contributed by atoms with Crippen molar-refractivity contribution in [2.75, 3.05) is 6.61 Å². The highest BCUT2D eigenvalue weighted by Gasteiger charge is 2.23. The van der Waals surface area contributed by atoms with E-state index in [2.05, 4.69) is 5.32 Å². The number of carboxylic acids is 1. The Morgan fingerprint density at radius 1 is 1.28 bits per heavy atom. The summed E-state index contributed by atoms with van der Waals surface area (Å²) >= 11 is 0. The molecule has 1 aliphatic carbocycles. The van der Waals surface area contributed by atoms with Crippen molar-refractivity contribution in [1.82, 2.24) is 5.32 Å². The lowest BCUT2D eigenvalue weighted by Gasteiger charge is -2.26. The van der Waals surface area contributed by atoms with E-state index in [4.69, 9.17) is 14.6 Å². The fourth-order valence-corrected chi connectivity index (χ4v) is 2.97. The lowest BCUT2D eigenvalue weighted by molar-refractivity contribution is -0.139. The number of rotatable bonds is 9. The van der Waals surface area contributed by atoms with Crippen LogP contribution in [0.1, 0.15) is 51.0 Å². The van der Waals surface area contributed by atoms with Crippen LogP contribution >= 0.6 is 0 Å². The molecule has 6 heteroatoms. The van der Waals surface area contributed by atoms with E-state index in [0.717, 1.165) is 18.4 Å². The molecule has 1 aliphatic rings. The SMILES string of the molecule is CCC(OC1CCCCC1)C(=O)NCc1cccc(OCC(=O)O)c1. The molecule has 0 aliphatic heterocycles. The molecule has 1 amide bonds. The van der Waals surface area contributed by atoms with Gasteiger partial charge in [-0.25, -0.2) is 4.79 Å². The maximum Gasteiger partial charge on any atom is 0.341 e. The van der Waals surface area contributed by atoms with Gasteiger partial charge in [0.15, 0.2) is 6.61 Å². The summed E-state index contributed by atoms with van der Waals surface area (Å²) in [6.07, 6.45) is 6.08. The van der Waals surface area contributed by atoms with E-state index in [1.165, 1.54) is 19.3 Å². The first kappa shape index (κ1) is 19.2. The molecule has 1 aromatic carbocycles. The molecule has 0 spiro atoms. The summed E-state index contributed by atoms with van der Waals surface area (Å²) in [5.41, 5.74) is 0.851. The van der Waals surface area contributed by atoms with Gasteiger partial charge >= 0.3 is 5.97 Å². The molecule has 0 heterocycles. The molecule has 0 saturated heterocycles. The molecule has 1 fully saturated rings. The molecule has 2 N–H and O–H groups in total. The number of aliphatic carboxylic acids is 1. The standard InChI is InChI=1S/C19H27NO5/c1-2-17(25-15-8-4-3-5-9-15)19(23)20-12-14-7-6-10-16(11-14)24-13-18(21)22/h6-7,10-11,15,17H,2-5,8-9,12-13H2,1H3,(H,20,23)(H,21,22). The molecular weight excluding hydrogens is 322 g/mol. The number of hydrogen-bond acceptors (Lipinski definition) is 4. The van der Waals surface area contributed by atoms with Gasteiger partial charge < -0.3 is 19.9 Å². The quantitative estimate of drug-likeness (QED) is 0.716. The number of amides is 1. The van der Waals surface area contributed by atoms with E-state index in [0.29, 0.717) is 18.7 Å². The Kier molecular flexibility index (Phi) is 7.73. The molecule has 1 unspecified atom stereocenters. The van der Waals surface area contributed by atoms with Crippen LogP contribution in [0.15, 0.2) is 24.3 Å². The van der Waals surface area contributed by atoms with Crippen molar-refractivity contribution in [3.05, 3.63) is 29.8 Å². The first-order valence-corrected chi connectivity index (χ1v) is 8.95. The minimum Gasteiger partial charge on any atom is -0.482 e. The zero-order valence-electron chi connectivity index (χ0n) is 14.7. The van der Waals surface area contributed by atoms with Crippen LogP contribution in [0.4, 0.5) is 0 Å². The van der Waals surface area contributed by atoms with E-state index < -0.39 is 12.1 Å². The van der Waals surface area contributed by atoms with Gasteiger partial charge in [-0.2, -0.15) is 0 Å². The molecule has 0 aromatic heterocycles. The predicted octanol–water partition coefficient (Wildman–Crippen LogP) is 2.89. The van der Waals surface area contributed by atoms with Crippen LogP contribution < -0.4 is 10.1 Å². The van der Waals surface area contributed by atoms with Crippen LogP contribution in [0, 0.1) is 0 Å². The lowest BCUT2D eigenvalue weighted by Crippen LogP contribution is -2.38. The van der Waals surface area contributed by atoms with E-state index in [1.54, 1.807) is 18.2 Å². The number of carboxylic acid groups (broad SMARTS) is 1. The monoisotopic (exact) mass is 349 g/mol. The van der Waals surface area contributed by atoms with Crippen LogP contribution in [0.2, 0.25) is 0 Å². The Bertz CT molecular complexity index is 569. The van der Waals surface area contributed by atoms with Crippen LogP contribution in [0.3, 0.4) is 0 Å². The fourth-order valence-electron chi connectivity index (χ4n) is 2.97. The van der Waals surface area contributed by atoms with Crippen LogP contribution in [-0.2, 0) is 20.9 Å². The largest absolute Gasteiger partial charge is 0.482 e.